The molecule has 1 unspecified atom stereocenters. The number of rotatable bonds is 2. The lowest BCUT2D eigenvalue weighted by molar-refractivity contribution is 0.527. The van der Waals surface area contributed by atoms with Gasteiger partial charge in [0.1, 0.15) is 11.0 Å². The van der Waals surface area contributed by atoms with E-state index in [4.69, 9.17) is 0 Å². The van der Waals surface area contributed by atoms with Gasteiger partial charge in [0.2, 0.25) is 0 Å². The third-order valence-corrected chi connectivity index (χ3v) is 5.36. The molecule has 0 fully saturated rings. The van der Waals surface area contributed by atoms with Gasteiger partial charge in [-0.25, -0.2) is 8.51 Å². The molecule has 1 N–H and O–H groups in total. The maximum atomic E-state index is 12.8. The third-order valence-electron chi connectivity index (χ3n) is 3.93. The van der Waals surface area contributed by atoms with Crippen LogP contribution in [0.3, 0.4) is 0 Å². The summed E-state index contributed by atoms with van der Waals surface area (Å²) in [5.74, 6) is 0. The first-order chi connectivity index (χ1) is 9.83. The third kappa shape index (κ3) is 1.90. The quantitative estimate of drug-likeness (QED) is 0.850. The molecule has 1 aromatic heterocycles. The predicted octanol–water partition coefficient (Wildman–Crippen LogP) is 1.47. The van der Waals surface area contributed by atoms with E-state index in [0.717, 1.165) is 42.0 Å². The molecule has 0 aliphatic carbocycles. The Kier molecular flexibility index (Phi) is 2.91. The molecule has 2 aliphatic heterocycles. The Morgan fingerprint density at radius 3 is 2.65 bits per heavy atom. The van der Waals surface area contributed by atoms with Crippen LogP contribution in [-0.2, 0) is 11.0 Å². The Morgan fingerprint density at radius 1 is 1.10 bits per heavy atom. The highest BCUT2D eigenvalue weighted by Crippen LogP contribution is 2.27. The summed E-state index contributed by atoms with van der Waals surface area (Å²) in [4.78, 5) is 5.22. The molecule has 20 heavy (non-hydrogen) atoms. The summed E-state index contributed by atoms with van der Waals surface area (Å²) in [6, 6.07) is 9.81. The van der Waals surface area contributed by atoms with Crippen LogP contribution < -0.4 is 5.32 Å². The number of hydrogen-bond acceptors (Lipinski definition) is 3. The fourth-order valence-corrected chi connectivity index (χ4v) is 4.26. The summed E-state index contributed by atoms with van der Waals surface area (Å²) in [6.07, 6.45) is 1.76. The Hall–Kier alpha value is -1.56. The maximum absolute atomic E-state index is 12.8. The molecule has 2 aromatic rings. The zero-order chi connectivity index (χ0) is 13.5. The summed E-state index contributed by atoms with van der Waals surface area (Å²) in [5.41, 5.74) is 3.66. The smallest absolute Gasteiger partial charge is 0.130 e. The number of hydrogen-bond donors (Lipinski definition) is 1. The molecule has 4 nitrogen and oxygen atoms in total. The van der Waals surface area contributed by atoms with Crippen molar-refractivity contribution in [1.82, 2.24) is 14.6 Å². The summed E-state index contributed by atoms with van der Waals surface area (Å²) in [6.45, 7) is 3.49. The van der Waals surface area contributed by atoms with Crippen LogP contribution in [0.2, 0.25) is 0 Å². The monoisotopic (exact) mass is 285 g/mol. The topological polar surface area (TPSA) is 45.2 Å². The van der Waals surface area contributed by atoms with Crippen LogP contribution in [0.25, 0.3) is 10.9 Å². The SMILES string of the molecule is O=S(c1cccc2cccnc12)N1CC2=C(CNC2)C1. The Labute approximate surface area is 120 Å². The van der Waals surface area contributed by atoms with Crippen molar-refractivity contribution >= 4 is 21.9 Å². The van der Waals surface area contributed by atoms with Gasteiger partial charge in [-0.05, 0) is 23.3 Å². The van der Waals surface area contributed by atoms with Gasteiger partial charge in [0.05, 0.1) is 10.4 Å². The van der Waals surface area contributed by atoms with Gasteiger partial charge in [0.25, 0.3) is 0 Å². The molecule has 4 rings (SSSR count). The average molecular weight is 285 g/mol. The molecule has 0 saturated carbocycles. The highest BCUT2D eigenvalue weighted by molar-refractivity contribution is 7.83. The number of para-hydroxylation sites is 1. The number of aromatic nitrogens is 1. The van der Waals surface area contributed by atoms with Gasteiger partial charge in [-0.15, -0.1) is 0 Å². The predicted molar refractivity (Wildman–Crippen MR) is 79.6 cm³/mol. The second-order valence-electron chi connectivity index (χ2n) is 5.19. The highest BCUT2D eigenvalue weighted by atomic mass is 32.2. The average Bonchev–Trinajstić information content (AvgIpc) is 3.07. The lowest BCUT2D eigenvalue weighted by Crippen LogP contribution is -2.28. The van der Waals surface area contributed by atoms with Crippen LogP contribution in [0.5, 0.6) is 0 Å². The first-order valence-electron chi connectivity index (χ1n) is 6.74. The van der Waals surface area contributed by atoms with E-state index in [9.17, 15) is 4.21 Å². The van der Waals surface area contributed by atoms with Crippen LogP contribution in [0.1, 0.15) is 0 Å². The summed E-state index contributed by atoms with van der Waals surface area (Å²) < 4.78 is 14.9. The van der Waals surface area contributed by atoms with Crippen LogP contribution >= 0.6 is 0 Å². The molecule has 1 atom stereocenters. The minimum absolute atomic E-state index is 0.804. The van der Waals surface area contributed by atoms with E-state index in [1.54, 1.807) is 6.20 Å². The molecule has 5 heteroatoms. The van der Waals surface area contributed by atoms with E-state index in [-0.39, 0.29) is 0 Å². The molecule has 0 saturated heterocycles. The van der Waals surface area contributed by atoms with Gasteiger partial charge < -0.3 is 5.32 Å². The Balaban J connectivity index is 1.68. The second-order valence-corrected chi connectivity index (χ2v) is 6.64. The Bertz CT molecular complexity index is 719. The van der Waals surface area contributed by atoms with Crippen molar-refractivity contribution in [3.8, 4) is 0 Å². The van der Waals surface area contributed by atoms with E-state index >= 15 is 0 Å². The molecule has 1 aromatic carbocycles. The normalized spacial score (nSPS) is 20.6. The van der Waals surface area contributed by atoms with Crippen molar-refractivity contribution in [2.75, 3.05) is 26.2 Å². The minimum Gasteiger partial charge on any atom is -0.309 e. The lowest BCUT2D eigenvalue weighted by Gasteiger charge is -2.17. The highest BCUT2D eigenvalue weighted by Gasteiger charge is 2.29. The van der Waals surface area contributed by atoms with Crippen molar-refractivity contribution in [1.29, 1.82) is 0 Å². The summed E-state index contributed by atoms with van der Waals surface area (Å²) in [7, 11) is -1.14. The van der Waals surface area contributed by atoms with E-state index in [2.05, 4.69) is 10.3 Å². The number of nitrogens with zero attached hydrogens (tertiary/aromatic N) is 2. The fraction of sp³-hybridized carbons (Fsp3) is 0.267. The number of nitrogens with one attached hydrogen (secondary N) is 1. The maximum Gasteiger partial charge on any atom is 0.130 e. The van der Waals surface area contributed by atoms with Crippen molar-refractivity contribution in [3.05, 3.63) is 47.7 Å². The van der Waals surface area contributed by atoms with Gasteiger partial charge in [0.15, 0.2) is 0 Å². The van der Waals surface area contributed by atoms with E-state index < -0.39 is 11.0 Å². The Morgan fingerprint density at radius 2 is 1.85 bits per heavy atom. The number of pyridine rings is 1. The van der Waals surface area contributed by atoms with E-state index in [0.29, 0.717) is 0 Å². The summed E-state index contributed by atoms with van der Waals surface area (Å²) in [5, 5.41) is 4.38. The first-order valence-corrected chi connectivity index (χ1v) is 7.85. The largest absolute Gasteiger partial charge is 0.309 e. The molecule has 102 valence electrons. The second kappa shape index (κ2) is 4.77. The molecule has 3 heterocycles. The minimum atomic E-state index is -1.14. The number of benzene rings is 1. The van der Waals surface area contributed by atoms with Crippen LogP contribution in [0.15, 0.2) is 52.6 Å². The molecule has 0 bridgehead atoms. The molecule has 0 spiro atoms. The molecular formula is C15H15N3OS. The van der Waals surface area contributed by atoms with Gasteiger partial charge in [-0.2, -0.15) is 0 Å². The molecule has 0 amide bonds. The van der Waals surface area contributed by atoms with Crippen molar-refractivity contribution < 1.29 is 4.21 Å². The van der Waals surface area contributed by atoms with Crippen molar-refractivity contribution in [2.45, 2.75) is 4.90 Å². The van der Waals surface area contributed by atoms with Gasteiger partial charge in [-0.1, -0.05) is 18.2 Å². The van der Waals surface area contributed by atoms with Crippen molar-refractivity contribution in [2.24, 2.45) is 0 Å². The van der Waals surface area contributed by atoms with Crippen LogP contribution in [-0.4, -0.2) is 39.7 Å². The molecule has 0 radical (unpaired) electrons. The van der Waals surface area contributed by atoms with Gasteiger partial charge >= 0.3 is 0 Å². The summed E-state index contributed by atoms with van der Waals surface area (Å²) >= 11 is 0. The fourth-order valence-electron chi connectivity index (χ4n) is 2.90. The zero-order valence-corrected chi connectivity index (χ0v) is 11.8. The van der Waals surface area contributed by atoms with Gasteiger partial charge in [-0.3, -0.25) is 4.98 Å². The zero-order valence-electron chi connectivity index (χ0n) is 11.0. The van der Waals surface area contributed by atoms with Crippen LogP contribution in [0, 0.1) is 0 Å². The molecular weight excluding hydrogens is 270 g/mol. The van der Waals surface area contributed by atoms with E-state index in [1.165, 1.54) is 11.1 Å². The standard InChI is InChI=1S/C15H15N3OS/c19-20(18-9-12-7-16-8-13(12)10-18)14-5-1-3-11-4-2-6-17-15(11)14/h1-6,16H,7-10H2. The van der Waals surface area contributed by atoms with Crippen molar-refractivity contribution in [3.63, 3.8) is 0 Å². The lowest BCUT2D eigenvalue weighted by atomic mass is 10.2. The molecule has 2 aliphatic rings. The van der Waals surface area contributed by atoms with E-state index in [1.807, 2.05) is 34.6 Å². The first kappa shape index (κ1) is 12.2. The number of fused-ring (bicyclic) bond motifs is 1. The van der Waals surface area contributed by atoms with Crippen LogP contribution in [0.4, 0.5) is 0 Å². The van der Waals surface area contributed by atoms with Gasteiger partial charge in [0, 0.05) is 37.8 Å².